The molecule has 20 heavy (non-hydrogen) atoms. The summed E-state index contributed by atoms with van der Waals surface area (Å²) in [6.45, 7) is 4.30. The summed E-state index contributed by atoms with van der Waals surface area (Å²) in [6, 6.07) is 0. The van der Waals surface area contributed by atoms with Gasteiger partial charge in [0.25, 0.3) is 0 Å². The van der Waals surface area contributed by atoms with Crippen LogP contribution in [0.3, 0.4) is 0 Å². The molecule has 0 unspecified atom stereocenters. The number of carboxylic acid groups (broad SMARTS) is 2. The van der Waals surface area contributed by atoms with Crippen molar-refractivity contribution in [1.82, 2.24) is 0 Å². The number of rotatable bonds is 12. The monoisotopic (exact) mass is 288 g/mol. The first kappa shape index (κ1) is 21.2. The van der Waals surface area contributed by atoms with Crippen LogP contribution >= 0.6 is 0 Å². The summed E-state index contributed by atoms with van der Waals surface area (Å²) in [5.41, 5.74) is 0. The summed E-state index contributed by atoms with van der Waals surface area (Å²) in [7, 11) is 0. The predicted octanol–water partition coefficient (Wildman–Crippen LogP) is 4.86. The Morgan fingerprint density at radius 2 is 0.900 bits per heavy atom. The Morgan fingerprint density at radius 1 is 0.600 bits per heavy atom. The van der Waals surface area contributed by atoms with Gasteiger partial charge in [0, 0.05) is 12.8 Å². The molecule has 0 saturated heterocycles. The van der Waals surface area contributed by atoms with E-state index in [9.17, 15) is 9.59 Å². The average Bonchev–Trinajstić information content (AvgIpc) is 2.38. The first-order valence-electron chi connectivity index (χ1n) is 7.98. The van der Waals surface area contributed by atoms with Crippen molar-refractivity contribution < 1.29 is 19.8 Å². The van der Waals surface area contributed by atoms with Crippen LogP contribution in [0, 0.1) is 0 Å². The molecule has 0 aromatic rings. The van der Waals surface area contributed by atoms with Crippen molar-refractivity contribution in [2.75, 3.05) is 0 Å². The molecule has 0 aromatic carbocycles. The van der Waals surface area contributed by atoms with E-state index < -0.39 is 11.9 Å². The van der Waals surface area contributed by atoms with Gasteiger partial charge in [0.2, 0.25) is 0 Å². The summed E-state index contributed by atoms with van der Waals surface area (Å²) in [5.74, 6) is -1.34. The van der Waals surface area contributed by atoms with Crippen LogP contribution in [-0.2, 0) is 9.59 Å². The number of carbonyl (C=O) groups is 2. The van der Waals surface area contributed by atoms with Crippen LogP contribution in [0.5, 0.6) is 0 Å². The van der Waals surface area contributed by atoms with Crippen molar-refractivity contribution in [2.45, 2.75) is 90.9 Å². The van der Waals surface area contributed by atoms with Crippen LogP contribution in [-0.4, -0.2) is 22.2 Å². The molecule has 0 fully saturated rings. The normalized spacial score (nSPS) is 9.70. The Kier molecular flexibility index (Phi) is 19.1. The largest absolute Gasteiger partial charge is 0.481 e. The maximum absolute atomic E-state index is 10.0. The van der Waals surface area contributed by atoms with Gasteiger partial charge in [-0.3, -0.25) is 9.59 Å². The summed E-state index contributed by atoms with van der Waals surface area (Å²) in [6.07, 6.45) is 11.8. The van der Waals surface area contributed by atoms with Gasteiger partial charge in [-0.2, -0.15) is 0 Å². The topological polar surface area (TPSA) is 74.6 Å². The minimum absolute atomic E-state index is 0.337. The molecule has 0 bridgehead atoms. The number of hydrogen-bond donors (Lipinski definition) is 2. The summed E-state index contributed by atoms with van der Waals surface area (Å²) >= 11 is 0. The Labute approximate surface area is 123 Å². The number of hydrogen-bond acceptors (Lipinski definition) is 2. The minimum atomic E-state index is -0.670. The van der Waals surface area contributed by atoms with Crippen LogP contribution in [0.4, 0.5) is 0 Å². The molecule has 0 aliphatic rings. The fraction of sp³-hybridized carbons (Fsp3) is 0.875. The highest BCUT2D eigenvalue weighted by molar-refractivity contribution is 5.66. The summed E-state index contributed by atoms with van der Waals surface area (Å²) in [4.78, 5) is 20.1. The molecule has 0 heterocycles. The second-order valence-electron chi connectivity index (χ2n) is 5.12. The van der Waals surface area contributed by atoms with E-state index >= 15 is 0 Å². The fourth-order valence-corrected chi connectivity index (χ4v) is 1.76. The van der Waals surface area contributed by atoms with Crippen molar-refractivity contribution in [3.8, 4) is 0 Å². The fourth-order valence-electron chi connectivity index (χ4n) is 1.76. The molecule has 0 rings (SSSR count). The third-order valence-corrected chi connectivity index (χ3v) is 2.99. The Hall–Kier alpha value is -1.06. The van der Waals surface area contributed by atoms with E-state index in [0.717, 1.165) is 25.7 Å². The zero-order valence-corrected chi connectivity index (χ0v) is 13.2. The molecule has 2 N–H and O–H groups in total. The zero-order valence-electron chi connectivity index (χ0n) is 13.2. The number of unbranched alkanes of at least 4 members (excludes halogenated alkanes) is 8. The molecule has 120 valence electrons. The van der Waals surface area contributed by atoms with Gasteiger partial charge in [0.1, 0.15) is 0 Å². The molecule has 4 heteroatoms. The van der Waals surface area contributed by atoms with Crippen molar-refractivity contribution in [2.24, 2.45) is 0 Å². The molecule has 0 spiro atoms. The molecule has 0 aliphatic heterocycles. The third kappa shape index (κ3) is 25.7. The Bertz CT molecular complexity index is 203. The number of aliphatic carboxylic acids is 2. The van der Waals surface area contributed by atoms with Crippen molar-refractivity contribution in [3.63, 3.8) is 0 Å². The highest BCUT2D eigenvalue weighted by Gasteiger charge is 1.95. The van der Waals surface area contributed by atoms with Crippen LogP contribution in [0.15, 0.2) is 0 Å². The van der Waals surface area contributed by atoms with E-state index in [1.807, 2.05) is 0 Å². The van der Waals surface area contributed by atoms with Crippen LogP contribution < -0.4 is 0 Å². The van der Waals surface area contributed by atoms with E-state index in [1.165, 1.54) is 38.5 Å². The second kappa shape index (κ2) is 17.9. The maximum atomic E-state index is 10.0. The standard InChI is InChI=1S/2C8H16O2/c2*1-2-3-4-5-6-7-8(9)10/h2*2-7H2,1H3,(H,9,10). The predicted molar refractivity (Wildman–Crippen MR) is 82.0 cm³/mol. The van der Waals surface area contributed by atoms with Crippen LogP contribution in [0.2, 0.25) is 0 Å². The van der Waals surface area contributed by atoms with Crippen LogP contribution in [0.25, 0.3) is 0 Å². The average molecular weight is 288 g/mol. The lowest BCUT2D eigenvalue weighted by Crippen LogP contribution is -1.93. The minimum Gasteiger partial charge on any atom is -0.481 e. The van der Waals surface area contributed by atoms with Gasteiger partial charge in [-0.1, -0.05) is 65.2 Å². The summed E-state index contributed by atoms with van der Waals surface area (Å²) in [5, 5.41) is 16.5. The van der Waals surface area contributed by atoms with E-state index in [-0.39, 0.29) is 0 Å². The maximum Gasteiger partial charge on any atom is 0.303 e. The lowest BCUT2D eigenvalue weighted by molar-refractivity contribution is -0.138. The smallest absolute Gasteiger partial charge is 0.303 e. The first-order chi connectivity index (χ1) is 9.54. The van der Waals surface area contributed by atoms with E-state index in [0.29, 0.717) is 12.8 Å². The van der Waals surface area contributed by atoms with Gasteiger partial charge in [-0.15, -0.1) is 0 Å². The molecule has 0 saturated carbocycles. The van der Waals surface area contributed by atoms with Gasteiger partial charge in [-0.05, 0) is 12.8 Å². The van der Waals surface area contributed by atoms with Crippen molar-refractivity contribution in [1.29, 1.82) is 0 Å². The molecule has 0 atom stereocenters. The van der Waals surface area contributed by atoms with Gasteiger partial charge in [0.05, 0.1) is 0 Å². The van der Waals surface area contributed by atoms with E-state index in [4.69, 9.17) is 10.2 Å². The van der Waals surface area contributed by atoms with Gasteiger partial charge >= 0.3 is 11.9 Å². The molecule has 0 aliphatic carbocycles. The van der Waals surface area contributed by atoms with E-state index in [1.54, 1.807) is 0 Å². The lowest BCUT2D eigenvalue weighted by Gasteiger charge is -1.95. The van der Waals surface area contributed by atoms with Gasteiger partial charge < -0.3 is 10.2 Å². The van der Waals surface area contributed by atoms with Crippen molar-refractivity contribution >= 4 is 11.9 Å². The molecule has 0 radical (unpaired) electrons. The summed E-state index contributed by atoms with van der Waals surface area (Å²) < 4.78 is 0. The molecular weight excluding hydrogens is 256 g/mol. The highest BCUT2D eigenvalue weighted by Crippen LogP contribution is 2.04. The Morgan fingerprint density at radius 3 is 1.15 bits per heavy atom. The SMILES string of the molecule is CCCCCCCC(=O)O.CCCCCCCC(=O)O. The lowest BCUT2D eigenvalue weighted by atomic mass is 10.1. The third-order valence-electron chi connectivity index (χ3n) is 2.99. The Balaban J connectivity index is 0. The highest BCUT2D eigenvalue weighted by atomic mass is 16.4. The van der Waals surface area contributed by atoms with Crippen LogP contribution in [0.1, 0.15) is 90.9 Å². The van der Waals surface area contributed by atoms with Gasteiger partial charge in [0.15, 0.2) is 0 Å². The zero-order chi connectivity index (χ0) is 15.6. The van der Waals surface area contributed by atoms with E-state index in [2.05, 4.69) is 13.8 Å². The quantitative estimate of drug-likeness (QED) is 0.503. The molecule has 0 aromatic heterocycles. The number of carboxylic acids is 2. The van der Waals surface area contributed by atoms with Gasteiger partial charge in [-0.25, -0.2) is 0 Å². The second-order valence-corrected chi connectivity index (χ2v) is 5.12. The molecule has 0 amide bonds. The molecular formula is C16H32O4. The molecule has 4 nitrogen and oxygen atoms in total. The first-order valence-corrected chi connectivity index (χ1v) is 7.98. The van der Waals surface area contributed by atoms with Crippen molar-refractivity contribution in [3.05, 3.63) is 0 Å².